The third-order valence-electron chi connectivity index (χ3n) is 11.2. The van der Waals surface area contributed by atoms with Crippen LogP contribution in [-0.4, -0.2) is 105 Å². The number of hydrogen-bond donors (Lipinski definition) is 2. The predicted molar refractivity (Wildman–Crippen MR) is 188 cm³/mol. The second-order valence-electron chi connectivity index (χ2n) is 14.2. The molecule has 2 aromatic heterocycles. The van der Waals surface area contributed by atoms with Crippen molar-refractivity contribution >= 4 is 33.4 Å². The van der Waals surface area contributed by atoms with Gasteiger partial charge in [-0.05, 0) is 69.7 Å². The first-order valence-corrected chi connectivity index (χ1v) is 17.8. The number of hydrogen-bond acceptors (Lipinski definition) is 9. The number of halogens is 3. The van der Waals surface area contributed by atoms with Crippen molar-refractivity contribution in [2.45, 2.75) is 69.7 Å². The van der Waals surface area contributed by atoms with Crippen LogP contribution in [-0.2, 0) is 0 Å². The number of nitrogens with zero attached hydrogens (tertiary/aromatic N) is 6. The molecule has 0 spiro atoms. The Morgan fingerprint density at radius 3 is 2.61 bits per heavy atom. The summed E-state index contributed by atoms with van der Waals surface area (Å²) < 4.78 is 53.5. The van der Waals surface area contributed by atoms with Crippen molar-refractivity contribution in [3.63, 3.8) is 0 Å². The molecule has 6 heterocycles. The SMILES string of the molecule is C#Cc1c(F)ccc2cc(O)cc(-c3nc(C(=O)N(CC)CC)c4c(N5CC6CCC(C5)N6)nc(OC[C@@]56CCCN5C[C@H](F)C6)nc4c3F)c12. The topological polar surface area (TPSA) is 107 Å². The largest absolute Gasteiger partial charge is 0.508 e. The fraction of sp³-hybridized carbons (Fsp3) is 0.474. The molecule has 0 aliphatic carbocycles. The minimum atomic E-state index is -0.965. The molecule has 4 aliphatic rings. The molecule has 0 radical (unpaired) electrons. The van der Waals surface area contributed by atoms with Gasteiger partial charge in [-0.15, -0.1) is 6.42 Å². The molecule has 4 atom stereocenters. The number of anilines is 1. The second-order valence-corrected chi connectivity index (χ2v) is 14.2. The van der Waals surface area contributed by atoms with Crippen LogP contribution in [0.25, 0.3) is 32.9 Å². The Labute approximate surface area is 294 Å². The van der Waals surface area contributed by atoms with Gasteiger partial charge in [0.1, 0.15) is 47.1 Å². The summed E-state index contributed by atoms with van der Waals surface area (Å²) >= 11 is 0. The summed E-state index contributed by atoms with van der Waals surface area (Å²) in [5, 5.41) is 15.0. The molecule has 51 heavy (non-hydrogen) atoms. The molecule has 0 saturated carbocycles. The zero-order valence-electron chi connectivity index (χ0n) is 28.7. The standard InChI is InChI=1S/C38H40F3N7O3/c1-4-26-28(40)11-8-21-14-25(49)15-27(29(21)26)32-31(41)33-30(34(43-32)36(50)46(5-2)6-3)35(47-18-23-9-10-24(19-47)42-23)45-37(44-33)51-20-38-12-7-13-48(38)17-22(39)16-38/h1,8,11,14-15,22-24,42,49H,5-7,9-10,12-13,16-20H2,2-3H3/t22-,23?,24?,38+/m1/s1. The number of fused-ring (bicyclic) bond motifs is 5. The van der Waals surface area contributed by atoms with Crippen LogP contribution in [0.15, 0.2) is 24.3 Å². The number of ether oxygens (including phenoxy) is 1. The molecule has 4 aromatic rings. The molecule has 10 nitrogen and oxygen atoms in total. The van der Waals surface area contributed by atoms with E-state index in [2.05, 4.69) is 21.1 Å². The smallest absolute Gasteiger partial charge is 0.319 e. The van der Waals surface area contributed by atoms with E-state index in [0.717, 1.165) is 32.2 Å². The highest BCUT2D eigenvalue weighted by Crippen LogP contribution is 2.43. The number of amides is 1. The molecule has 2 bridgehead atoms. The van der Waals surface area contributed by atoms with Crippen LogP contribution in [0.2, 0.25) is 0 Å². The van der Waals surface area contributed by atoms with Gasteiger partial charge in [-0.25, -0.2) is 18.2 Å². The monoisotopic (exact) mass is 699 g/mol. The third-order valence-corrected chi connectivity index (χ3v) is 11.2. The number of nitrogens with one attached hydrogen (secondary N) is 1. The van der Waals surface area contributed by atoms with Crippen LogP contribution in [0.1, 0.15) is 62.0 Å². The van der Waals surface area contributed by atoms with Crippen molar-refractivity contribution in [3.05, 3.63) is 47.2 Å². The molecule has 266 valence electrons. The zero-order chi connectivity index (χ0) is 35.6. The van der Waals surface area contributed by atoms with Crippen LogP contribution in [0.5, 0.6) is 11.8 Å². The van der Waals surface area contributed by atoms with E-state index in [-0.39, 0.29) is 69.3 Å². The summed E-state index contributed by atoms with van der Waals surface area (Å²) in [4.78, 5) is 34.3. The number of aromatic nitrogens is 3. The molecule has 4 fully saturated rings. The quantitative estimate of drug-likeness (QED) is 0.241. The molecule has 2 N–H and O–H groups in total. The number of aromatic hydroxyl groups is 1. The van der Waals surface area contributed by atoms with Gasteiger partial charge in [-0.2, -0.15) is 9.97 Å². The lowest BCUT2D eigenvalue weighted by Gasteiger charge is -2.35. The van der Waals surface area contributed by atoms with E-state index >= 15 is 8.78 Å². The van der Waals surface area contributed by atoms with Crippen LogP contribution in [0, 0.1) is 24.0 Å². The van der Waals surface area contributed by atoms with Gasteiger partial charge in [0.15, 0.2) is 5.82 Å². The number of pyridine rings is 1. The maximum atomic E-state index is 17.4. The van der Waals surface area contributed by atoms with Crippen molar-refractivity contribution in [1.82, 2.24) is 30.1 Å². The molecular formula is C38H40F3N7O3. The lowest BCUT2D eigenvalue weighted by molar-refractivity contribution is 0.0769. The average molecular weight is 700 g/mol. The number of carbonyl (C=O) groups is 1. The summed E-state index contributed by atoms with van der Waals surface area (Å²) in [6.45, 7) is 6.76. The molecular weight excluding hydrogens is 659 g/mol. The number of phenolic OH excluding ortho intramolecular Hbond substituents is 1. The summed E-state index contributed by atoms with van der Waals surface area (Å²) in [5.74, 6) is 0.402. The van der Waals surface area contributed by atoms with E-state index in [1.54, 1.807) is 4.90 Å². The number of piperazine rings is 1. The number of rotatable bonds is 8. The van der Waals surface area contributed by atoms with Crippen LogP contribution in [0.3, 0.4) is 0 Å². The minimum absolute atomic E-state index is 0.00808. The Bertz CT molecular complexity index is 2090. The van der Waals surface area contributed by atoms with E-state index in [1.165, 1.54) is 24.3 Å². The Balaban J connectivity index is 1.38. The van der Waals surface area contributed by atoms with Crippen molar-refractivity contribution in [3.8, 4) is 35.4 Å². The van der Waals surface area contributed by atoms with Gasteiger partial charge < -0.3 is 25.0 Å². The van der Waals surface area contributed by atoms with Gasteiger partial charge in [0.25, 0.3) is 5.91 Å². The fourth-order valence-electron chi connectivity index (χ4n) is 8.79. The normalized spacial score (nSPS) is 24.3. The van der Waals surface area contributed by atoms with Crippen LogP contribution in [0.4, 0.5) is 19.0 Å². The molecule has 1 amide bonds. The van der Waals surface area contributed by atoms with E-state index in [0.29, 0.717) is 50.3 Å². The van der Waals surface area contributed by atoms with Crippen LogP contribution >= 0.6 is 0 Å². The molecule has 4 aliphatic heterocycles. The van der Waals surface area contributed by atoms with E-state index in [4.69, 9.17) is 21.1 Å². The molecule has 13 heteroatoms. The zero-order valence-corrected chi connectivity index (χ0v) is 28.7. The van der Waals surface area contributed by atoms with Gasteiger partial charge in [0.2, 0.25) is 0 Å². The maximum Gasteiger partial charge on any atom is 0.319 e. The fourth-order valence-corrected chi connectivity index (χ4v) is 8.79. The molecule has 8 rings (SSSR count). The minimum Gasteiger partial charge on any atom is -0.508 e. The molecule has 2 aromatic carbocycles. The highest BCUT2D eigenvalue weighted by Gasteiger charge is 2.49. The maximum absolute atomic E-state index is 17.4. The van der Waals surface area contributed by atoms with Gasteiger partial charge in [0.05, 0.1) is 16.5 Å². The van der Waals surface area contributed by atoms with Crippen molar-refractivity contribution in [2.24, 2.45) is 0 Å². The number of carbonyl (C=O) groups excluding carboxylic acids is 1. The summed E-state index contributed by atoms with van der Waals surface area (Å²) in [6, 6.07) is 5.56. The Kier molecular flexibility index (Phi) is 8.42. The lowest BCUT2D eigenvalue weighted by atomic mass is 9.95. The molecule has 2 unspecified atom stereocenters. The van der Waals surface area contributed by atoms with E-state index < -0.39 is 29.3 Å². The molecule has 4 saturated heterocycles. The first-order valence-electron chi connectivity index (χ1n) is 17.8. The Hall–Kier alpha value is -4.67. The first kappa shape index (κ1) is 33.5. The van der Waals surface area contributed by atoms with Crippen molar-refractivity contribution < 1.29 is 27.8 Å². The van der Waals surface area contributed by atoms with Crippen molar-refractivity contribution in [1.29, 1.82) is 0 Å². The number of terminal acetylenes is 1. The van der Waals surface area contributed by atoms with E-state index in [1.807, 2.05) is 18.7 Å². The number of alkyl halides is 1. The second kappa shape index (κ2) is 12.8. The van der Waals surface area contributed by atoms with Gasteiger partial charge >= 0.3 is 6.01 Å². The first-order chi connectivity index (χ1) is 24.6. The number of benzene rings is 2. The van der Waals surface area contributed by atoms with E-state index in [9.17, 15) is 14.3 Å². The average Bonchev–Trinajstić information content (AvgIpc) is 3.77. The third kappa shape index (κ3) is 5.60. The lowest BCUT2D eigenvalue weighted by Crippen LogP contribution is -2.51. The Morgan fingerprint density at radius 1 is 1.12 bits per heavy atom. The Morgan fingerprint density at radius 2 is 1.88 bits per heavy atom. The number of phenols is 1. The van der Waals surface area contributed by atoms with Crippen molar-refractivity contribution in [2.75, 3.05) is 50.8 Å². The summed E-state index contributed by atoms with van der Waals surface area (Å²) in [7, 11) is 0. The summed E-state index contributed by atoms with van der Waals surface area (Å²) in [5.41, 5.74) is -1.24. The highest BCUT2D eigenvalue weighted by molar-refractivity contribution is 6.11. The van der Waals surface area contributed by atoms with Gasteiger partial charge in [-0.3, -0.25) is 9.69 Å². The summed E-state index contributed by atoms with van der Waals surface area (Å²) in [6.07, 6.45) is 8.75. The highest BCUT2D eigenvalue weighted by atomic mass is 19.1. The van der Waals surface area contributed by atoms with Crippen LogP contribution < -0.4 is 15.0 Å². The van der Waals surface area contributed by atoms with Gasteiger partial charge in [-0.1, -0.05) is 12.0 Å². The predicted octanol–water partition coefficient (Wildman–Crippen LogP) is 5.19. The van der Waals surface area contributed by atoms with Gasteiger partial charge in [0, 0.05) is 62.2 Å².